The molecule has 7 heteroatoms. The van der Waals surface area contributed by atoms with E-state index < -0.39 is 0 Å². The van der Waals surface area contributed by atoms with Crippen LogP contribution in [0.5, 0.6) is 0 Å². The van der Waals surface area contributed by atoms with E-state index in [-0.39, 0.29) is 5.50 Å². The van der Waals surface area contributed by atoms with Crippen LogP contribution in [0, 0.1) is 11.3 Å². The average Bonchev–Trinajstić information content (AvgIpc) is 3.38. The zero-order valence-corrected chi connectivity index (χ0v) is 17.7. The van der Waals surface area contributed by atoms with Gasteiger partial charge in [-0.1, -0.05) is 30.0 Å². The molecule has 0 bridgehead atoms. The maximum atomic E-state index is 9.15. The first kappa shape index (κ1) is 19.2. The van der Waals surface area contributed by atoms with Crippen LogP contribution in [0.4, 0.5) is 0 Å². The van der Waals surface area contributed by atoms with E-state index >= 15 is 0 Å². The second-order valence-electron chi connectivity index (χ2n) is 7.94. The van der Waals surface area contributed by atoms with Crippen LogP contribution in [-0.2, 0) is 7.05 Å². The van der Waals surface area contributed by atoms with Crippen molar-refractivity contribution in [2.24, 2.45) is 12.8 Å². The molecular weight excluding hydrogens is 392 g/mol. The number of imidazole rings is 1. The fraction of sp³-hybridized carbons (Fsp3) is 0.304. The molecule has 0 aliphatic carbocycles. The van der Waals surface area contributed by atoms with Crippen molar-refractivity contribution in [3.63, 3.8) is 0 Å². The highest BCUT2D eigenvalue weighted by Gasteiger charge is 2.32. The summed E-state index contributed by atoms with van der Waals surface area (Å²) in [6, 6.07) is 16.8. The molecule has 5 rings (SSSR count). The minimum absolute atomic E-state index is 0.178. The Morgan fingerprint density at radius 1 is 1.13 bits per heavy atom. The van der Waals surface area contributed by atoms with Crippen LogP contribution < -0.4 is 11.1 Å². The smallest absolute Gasteiger partial charge is 0.133 e. The number of nitrogens with two attached hydrogens (primary N) is 1. The number of nitrogens with one attached hydrogen (secondary N) is 1. The average molecular weight is 417 g/mol. The first-order chi connectivity index (χ1) is 14.6. The van der Waals surface area contributed by atoms with Gasteiger partial charge in [-0.2, -0.15) is 5.26 Å². The summed E-state index contributed by atoms with van der Waals surface area (Å²) in [6.07, 6.45) is 3.91. The van der Waals surface area contributed by atoms with Gasteiger partial charge in [-0.15, -0.1) is 0 Å². The van der Waals surface area contributed by atoms with Crippen molar-refractivity contribution in [3.05, 3.63) is 65.5 Å². The Bertz CT molecular complexity index is 1150. The number of benzene rings is 2. The molecule has 2 aliphatic rings. The van der Waals surface area contributed by atoms with Gasteiger partial charge < -0.3 is 15.6 Å². The van der Waals surface area contributed by atoms with Crippen LogP contribution in [0.1, 0.15) is 29.5 Å². The first-order valence-corrected chi connectivity index (χ1v) is 11.1. The topological polar surface area (TPSA) is 82.9 Å². The fourth-order valence-corrected chi connectivity index (χ4v) is 5.44. The Balaban J connectivity index is 1.53. The van der Waals surface area contributed by atoms with Crippen molar-refractivity contribution < 1.29 is 0 Å². The molecule has 1 saturated heterocycles. The van der Waals surface area contributed by atoms with Crippen LogP contribution in [-0.4, -0.2) is 39.1 Å². The fourth-order valence-electron chi connectivity index (χ4n) is 4.12. The summed E-state index contributed by atoms with van der Waals surface area (Å²) in [5.74, 6) is 0. The molecule has 1 unspecified atom stereocenters. The monoisotopic (exact) mass is 416 g/mol. The maximum absolute atomic E-state index is 9.15. The Morgan fingerprint density at radius 3 is 2.60 bits per heavy atom. The van der Waals surface area contributed by atoms with Crippen molar-refractivity contribution in [1.82, 2.24) is 19.8 Å². The molecule has 0 spiro atoms. The quantitative estimate of drug-likeness (QED) is 0.682. The summed E-state index contributed by atoms with van der Waals surface area (Å²) >= 11 is 1.85. The zero-order chi connectivity index (χ0) is 20.7. The number of thioether (sulfide) groups is 1. The molecule has 1 atom stereocenters. The molecule has 2 aromatic carbocycles. The van der Waals surface area contributed by atoms with Crippen LogP contribution in [0.15, 0.2) is 48.8 Å². The molecule has 1 fully saturated rings. The number of piperidine rings is 1. The minimum Gasteiger partial charge on any atom is -0.359 e. The SMILES string of the molecule is Cn1cnc2cc(C3=C(c4ccc(C#N)cc4)NC(N4CCC(N)CC4)S3)ccc21. The number of fused-ring (bicyclic) bond motifs is 1. The Labute approximate surface area is 180 Å². The van der Waals surface area contributed by atoms with Gasteiger partial charge in [-0.05, 0) is 48.2 Å². The van der Waals surface area contributed by atoms with Gasteiger partial charge in [0, 0.05) is 31.1 Å². The highest BCUT2D eigenvalue weighted by Crippen LogP contribution is 2.44. The Hall–Kier alpha value is -2.79. The molecule has 0 amide bonds. The third-order valence-electron chi connectivity index (χ3n) is 5.92. The van der Waals surface area contributed by atoms with E-state index in [2.05, 4.69) is 39.5 Å². The lowest BCUT2D eigenvalue weighted by Crippen LogP contribution is -2.47. The van der Waals surface area contributed by atoms with Gasteiger partial charge >= 0.3 is 0 Å². The van der Waals surface area contributed by atoms with Crippen molar-refractivity contribution >= 4 is 33.4 Å². The lowest BCUT2D eigenvalue weighted by Gasteiger charge is -2.34. The van der Waals surface area contributed by atoms with Gasteiger partial charge in [0.15, 0.2) is 0 Å². The molecule has 3 heterocycles. The van der Waals surface area contributed by atoms with Gasteiger partial charge in [-0.25, -0.2) is 4.98 Å². The zero-order valence-electron chi connectivity index (χ0n) is 16.9. The second kappa shape index (κ2) is 7.80. The van der Waals surface area contributed by atoms with Crippen LogP contribution >= 0.6 is 11.8 Å². The summed E-state index contributed by atoms with van der Waals surface area (Å²) in [7, 11) is 2.01. The summed E-state index contributed by atoms with van der Waals surface area (Å²) in [6.45, 7) is 2.00. The van der Waals surface area contributed by atoms with E-state index in [9.17, 15) is 0 Å². The van der Waals surface area contributed by atoms with Crippen molar-refractivity contribution in [2.75, 3.05) is 13.1 Å². The molecule has 3 aromatic rings. The number of hydrogen-bond donors (Lipinski definition) is 2. The molecule has 0 saturated carbocycles. The normalized spacial score (nSPS) is 20.5. The minimum atomic E-state index is 0.178. The number of likely N-dealkylation sites (tertiary alicyclic amines) is 1. The first-order valence-electron chi connectivity index (χ1n) is 10.2. The van der Waals surface area contributed by atoms with E-state index in [1.54, 1.807) is 0 Å². The molecule has 2 aliphatic heterocycles. The highest BCUT2D eigenvalue weighted by molar-refractivity contribution is 8.09. The molecule has 30 heavy (non-hydrogen) atoms. The number of nitriles is 1. The number of nitrogens with zero attached hydrogens (tertiary/aromatic N) is 4. The van der Waals surface area contributed by atoms with Gasteiger partial charge in [0.2, 0.25) is 0 Å². The predicted molar refractivity (Wildman–Crippen MR) is 122 cm³/mol. The van der Waals surface area contributed by atoms with Gasteiger partial charge in [-0.3, -0.25) is 4.90 Å². The third kappa shape index (κ3) is 3.47. The summed E-state index contributed by atoms with van der Waals surface area (Å²) in [4.78, 5) is 8.23. The lowest BCUT2D eigenvalue weighted by atomic mass is 10.1. The largest absolute Gasteiger partial charge is 0.359 e. The molecule has 3 N–H and O–H groups in total. The van der Waals surface area contributed by atoms with E-state index in [0.717, 1.165) is 53.8 Å². The van der Waals surface area contributed by atoms with Crippen molar-refractivity contribution in [3.8, 4) is 6.07 Å². The van der Waals surface area contributed by atoms with E-state index in [1.807, 2.05) is 54.0 Å². The standard InChI is InChI=1S/C23H24N6S/c1-28-14-26-19-12-17(6-7-20(19)28)22-21(16-4-2-15(13-24)3-5-16)27-23(30-22)29-10-8-18(25)9-11-29/h2-7,12,14,18,23,27H,8-11,25H2,1H3. The van der Waals surface area contributed by atoms with E-state index in [4.69, 9.17) is 11.0 Å². The number of rotatable bonds is 3. The maximum Gasteiger partial charge on any atom is 0.133 e. The molecule has 152 valence electrons. The van der Waals surface area contributed by atoms with E-state index in [0.29, 0.717) is 11.6 Å². The molecular formula is C23H24N6S. The van der Waals surface area contributed by atoms with Gasteiger partial charge in [0.25, 0.3) is 0 Å². The Kier molecular flexibility index (Phi) is 4.99. The third-order valence-corrected chi connectivity index (χ3v) is 7.24. The van der Waals surface area contributed by atoms with Crippen molar-refractivity contribution in [2.45, 2.75) is 24.4 Å². The number of aryl methyl sites for hydroxylation is 1. The van der Waals surface area contributed by atoms with Crippen LogP contribution in [0.25, 0.3) is 21.6 Å². The molecule has 6 nitrogen and oxygen atoms in total. The van der Waals surface area contributed by atoms with Crippen LogP contribution in [0.2, 0.25) is 0 Å². The summed E-state index contributed by atoms with van der Waals surface area (Å²) in [5, 5.41) is 12.9. The number of aromatic nitrogens is 2. The summed E-state index contributed by atoms with van der Waals surface area (Å²) < 4.78 is 2.04. The lowest BCUT2D eigenvalue weighted by molar-refractivity contribution is 0.191. The molecule has 1 aromatic heterocycles. The van der Waals surface area contributed by atoms with Gasteiger partial charge in [0.1, 0.15) is 5.50 Å². The van der Waals surface area contributed by atoms with Crippen LogP contribution in [0.3, 0.4) is 0 Å². The number of hydrogen-bond acceptors (Lipinski definition) is 6. The van der Waals surface area contributed by atoms with Crippen molar-refractivity contribution in [1.29, 1.82) is 5.26 Å². The predicted octanol–water partition coefficient (Wildman–Crippen LogP) is 3.31. The van der Waals surface area contributed by atoms with E-state index in [1.165, 1.54) is 4.91 Å². The summed E-state index contributed by atoms with van der Waals surface area (Å²) in [5.41, 5.74) is 12.4. The highest BCUT2D eigenvalue weighted by atomic mass is 32.2. The van der Waals surface area contributed by atoms with Gasteiger partial charge in [0.05, 0.1) is 34.7 Å². The Morgan fingerprint density at radius 2 is 1.87 bits per heavy atom. The second-order valence-corrected chi connectivity index (χ2v) is 9.03. The molecule has 0 radical (unpaired) electrons.